The Balaban J connectivity index is 2.59. The van der Waals surface area contributed by atoms with Crippen LogP contribution in [0.5, 0.6) is 0 Å². The Bertz CT molecular complexity index is 241. The minimum absolute atomic E-state index is 0.793. The molecule has 0 N–H and O–H groups in total. The summed E-state index contributed by atoms with van der Waals surface area (Å²) in [5, 5.41) is 0. The molecule has 0 saturated carbocycles. The van der Waals surface area contributed by atoms with Crippen molar-refractivity contribution < 1.29 is 4.74 Å². The van der Waals surface area contributed by atoms with E-state index in [9.17, 15) is 0 Å². The quantitative estimate of drug-likeness (QED) is 0.700. The second kappa shape index (κ2) is 4.87. The summed E-state index contributed by atoms with van der Waals surface area (Å²) < 4.78 is 5.01. The second-order valence-corrected chi connectivity index (χ2v) is 3.30. The Morgan fingerprint density at radius 3 is 2.23 bits per heavy atom. The van der Waals surface area contributed by atoms with E-state index in [1.165, 1.54) is 11.3 Å². The van der Waals surface area contributed by atoms with Crippen LogP contribution < -0.4 is 4.90 Å². The fraction of sp³-hybridized carbons (Fsp3) is 0.455. The van der Waals surface area contributed by atoms with Gasteiger partial charge < -0.3 is 9.64 Å². The molecule has 0 aliphatic carbocycles. The second-order valence-electron chi connectivity index (χ2n) is 3.30. The van der Waals surface area contributed by atoms with E-state index in [0.29, 0.717) is 0 Å². The van der Waals surface area contributed by atoms with Crippen molar-refractivity contribution in [1.29, 1.82) is 0 Å². The molecule has 13 heavy (non-hydrogen) atoms. The molecule has 0 aliphatic heterocycles. The summed E-state index contributed by atoms with van der Waals surface area (Å²) in [6, 6.07) is 8.55. The third-order valence-electron chi connectivity index (χ3n) is 2.05. The van der Waals surface area contributed by atoms with Crippen molar-refractivity contribution in [2.45, 2.75) is 6.42 Å². The highest BCUT2D eigenvalue weighted by Crippen LogP contribution is 2.12. The molecule has 0 atom stereocenters. The summed E-state index contributed by atoms with van der Waals surface area (Å²) in [6.45, 7) is 0.793. The van der Waals surface area contributed by atoms with Crippen LogP contribution in [-0.4, -0.2) is 27.8 Å². The van der Waals surface area contributed by atoms with E-state index in [1.54, 1.807) is 7.11 Å². The van der Waals surface area contributed by atoms with E-state index in [4.69, 9.17) is 4.74 Å². The van der Waals surface area contributed by atoms with Gasteiger partial charge in [0.1, 0.15) is 0 Å². The first-order valence-electron chi connectivity index (χ1n) is 4.49. The molecule has 0 heterocycles. The highest BCUT2D eigenvalue weighted by Gasteiger charge is 1.95. The molecular formula is C11H17NO. The minimum atomic E-state index is 0.793. The van der Waals surface area contributed by atoms with Crippen molar-refractivity contribution in [2.24, 2.45) is 0 Å². The average Bonchev–Trinajstić information content (AvgIpc) is 2.15. The largest absolute Gasteiger partial charge is 0.384 e. The maximum absolute atomic E-state index is 5.01. The molecule has 0 radical (unpaired) electrons. The van der Waals surface area contributed by atoms with E-state index >= 15 is 0 Å². The van der Waals surface area contributed by atoms with E-state index in [0.717, 1.165) is 13.0 Å². The molecule has 0 fully saturated rings. The van der Waals surface area contributed by atoms with Crippen LogP contribution in [0.3, 0.4) is 0 Å². The van der Waals surface area contributed by atoms with Crippen LogP contribution in [-0.2, 0) is 11.2 Å². The molecule has 1 aromatic carbocycles. The van der Waals surface area contributed by atoms with Gasteiger partial charge in [0.15, 0.2) is 0 Å². The minimum Gasteiger partial charge on any atom is -0.384 e. The monoisotopic (exact) mass is 179 g/mol. The lowest BCUT2D eigenvalue weighted by atomic mass is 10.1. The Morgan fingerprint density at radius 1 is 1.15 bits per heavy atom. The van der Waals surface area contributed by atoms with E-state index < -0.39 is 0 Å². The third-order valence-corrected chi connectivity index (χ3v) is 2.05. The van der Waals surface area contributed by atoms with Gasteiger partial charge in [-0.05, 0) is 24.1 Å². The van der Waals surface area contributed by atoms with Crippen molar-refractivity contribution >= 4 is 5.69 Å². The van der Waals surface area contributed by atoms with Gasteiger partial charge in [0, 0.05) is 26.9 Å². The van der Waals surface area contributed by atoms with Crippen molar-refractivity contribution in [3.05, 3.63) is 29.8 Å². The van der Waals surface area contributed by atoms with Gasteiger partial charge in [-0.3, -0.25) is 0 Å². The van der Waals surface area contributed by atoms with E-state index in [-0.39, 0.29) is 0 Å². The van der Waals surface area contributed by atoms with Gasteiger partial charge in [-0.2, -0.15) is 0 Å². The summed E-state index contributed by atoms with van der Waals surface area (Å²) in [5.41, 5.74) is 2.56. The summed E-state index contributed by atoms with van der Waals surface area (Å²) in [6.07, 6.45) is 0.990. The molecule has 0 spiro atoms. The molecule has 72 valence electrons. The van der Waals surface area contributed by atoms with Crippen molar-refractivity contribution in [1.82, 2.24) is 0 Å². The Hall–Kier alpha value is -1.02. The topological polar surface area (TPSA) is 12.5 Å². The Morgan fingerprint density at radius 2 is 1.77 bits per heavy atom. The number of rotatable bonds is 4. The molecule has 1 aromatic rings. The number of hydrogen-bond acceptors (Lipinski definition) is 2. The number of nitrogens with zero attached hydrogens (tertiary/aromatic N) is 1. The Labute approximate surface area is 80.1 Å². The van der Waals surface area contributed by atoms with Crippen molar-refractivity contribution in [2.75, 3.05) is 32.7 Å². The predicted octanol–water partition coefficient (Wildman–Crippen LogP) is 1.94. The SMILES string of the molecule is COCCc1ccc(N(C)C)cc1. The molecule has 0 saturated heterocycles. The summed E-state index contributed by atoms with van der Waals surface area (Å²) in [5.74, 6) is 0. The first kappa shape index (κ1) is 10.1. The van der Waals surface area contributed by atoms with Gasteiger partial charge in [-0.1, -0.05) is 12.1 Å². The number of hydrogen-bond donors (Lipinski definition) is 0. The van der Waals surface area contributed by atoms with Crippen molar-refractivity contribution in [3.63, 3.8) is 0 Å². The average molecular weight is 179 g/mol. The lowest BCUT2D eigenvalue weighted by Crippen LogP contribution is -2.08. The lowest BCUT2D eigenvalue weighted by Gasteiger charge is -2.12. The molecule has 2 heteroatoms. The van der Waals surface area contributed by atoms with E-state index in [1.807, 2.05) is 14.1 Å². The highest BCUT2D eigenvalue weighted by atomic mass is 16.5. The summed E-state index contributed by atoms with van der Waals surface area (Å²) in [4.78, 5) is 2.10. The fourth-order valence-electron chi connectivity index (χ4n) is 1.18. The Kier molecular flexibility index (Phi) is 3.77. The molecule has 2 nitrogen and oxygen atoms in total. The number of benzene rings is 1. The normalized spacial score (nSPS) is 10.1. The van der Waals surface area contributed by atoms with Crippen molar-refractivity contribution in [3.8, 4) is 0 Å². The molecule has 0 aliphatic rings. The van der Waals surface area contributed by atoms with Gasteiger partial charge in [0.05, 0.1) is 6.61 Å². The van der Waals surface area contributed by atoms with Gasteiger partial charge in [0.25, 0.3) is 0 Å². The fourth-order valence-corrected chi connectivity index (χ4v) is 1.18. The maximum atomic E-state index is 5.01. The molecule has 0 amide bonds. The molecule has 0 unspecified atom stereocenters. The molecule has 0 aromatic heterocycles. The third kappa shape index (κ3) is 3.07. The van der Waals surface area contributed by atoms with Crippen LogP contribution in [0.1, 0.15) is 5.56 Å². The van der Waals surface area contributed by atoms with E-state index in [2.05, 4.69) is 29.2 Å². The summed E-state index contributed by atoms with van der Waals surface area (Å²) in [7, 11) is 5.82. The van der Waals surface area contributed by atoms with Gasteiger partial charge in [-0.15, -0.1) is 0 Å². The molecule has 1 rings (SSSR count). The number of ether oxygens (including phenoxy) is 1. The highest BCUT2D eigenvalue weighted by molar-refractivity contribution is 5.45. The van der Waals surface area contributed by atoms with Crippen LogP contribution in [0.4, 0.5) is 5.69 Å². The van der Waals surface area contributed by atoms with Gasteiger partial charge in [0.2, 0.25) is 0 Å². The van der Waals surface area contributed by atoms with Gasteiger partial charge >= 0.3 is 0 Å². The van der Waals surface area contributed by atoms with Gasteiger partial charge in [-0.25, -0.2) is 0 Å². The zero-order chi connectivity index (χ0) is 9.68. The summed E-state index contributed by atoms with van der Waals surface area (Å²) >= 11 is 0. The van der Waals surface area contributed by atoms with Crippen LogP contribution >= 0.6 is 0 Å². The van der Waals surface area contributed by atoms with Crippen LogP contribution in [0.15, 0.2) is 24.3 Å². The smallest absolute Gasteiger partial charge is 0.0502 e. The first-order valence-corrected chi connectivity index (χ1v) is 4.49. The molecule has 0 bridgehead atoms. The first-order chi connectivity index (χ1) is 6.24. The predicted molar refractivity (Wildman–Crippen MR) is 56.3 cm³/mol. The zero-order valence-corrected chi connectivity index (χ0v) is 8.58. The number of methoxy groups -OCH3 is 1. The standard InChI is InChI=1S/C11H17NO/c1-12(2)11-6-4-10(5-7-11)8-9-13-3/h4-7H,8-9H2,1-3H3. The zero-order valence-electron chi connectivity index (χ0n) is 8.58. The lowest BCUT2D eigenvalue weighted by molar-refractivity contribution is 0.202. The van der Waals surface area contributed by atoms with Crippen LogP contribution in [0.2, 0.25) is 0 Å². The number of anilines is 1. The molecular weight excluding hydrogens is 162 g/mol. The van der Waals surface area contributed by atoms with Crippen LogP contribution in [0.25, 0.3) is 0 Å². The van der Waals surface area contributed by atoms with Crippen LogP contribution in [0, 0.1) is 0 Å². The maximum Gasteiger partial charge on any atom is 0.0502 e.